The highest BCUT2D eigenvalue weighted by Gasteiger charge is 2.65. The molecule has 6 unspecified atom stereocenters. The van der Waals surface area contributed by atoms with Crippen LogP contribution in [0.1, 0.15) is 89.9 Å². The highest BCUT2D eigenvalue weighted by atomic mass is 16.7. The van der Waals surface area contributed by atoms with Crippen molar-refractivity contribution in [1.82, 2.24) is 0 Å². The minimum Gasteiger partial charge on any atom is -0.433 e. The van der Waals surface area contributed by atoms with E-state index in [9.17, 15) is 9.59 Å². The van der Waals surface area contributed by atoms with Gasteiger partial charge in [0, 0.05) is 25.7 Å². The topological polar surface area (TPSA) is 71.1 Å². The molecule has 2 aliphatic heterocycles. The number of carbonyl (C=O) groups is 2. The molecule has 166 valence electrons. The van der Waals surface area contributed by atoms with E-state index in [0.29, 0.717) is 37.9 Å². The number of hydrogen-bond donors (Lipinski definition) is 0. The van der Waals surface area contributed by atoms with E-state index in [1.165, 1.54) is 12.8 Å². The lowest BCUT2D eigenvalue weighted by Crippen LogP contribution is -2.45. The molecule has 6 aliphatic rings. The summed E-state index contributed by atoms with van der Waals surface area (Å²) < 4.78 is 24.1. The molecule has 2 spiro atoms. The molecular weight excluding hydrogens is 384 g/mol. The molecule has 0 aromatic rings. The van der Waals surface area contributed by atoms with Gasteiger partial charge in [0.05, 0.1) is 24.0 Å². The maximum atomic E-state index is 12.8. The fraction of sp³-hybridized carbons (Fsp3) is 0.917. The van der Waals surface area contributed by atoms with E-state index >= 15 is 0 Å². The van der Waals surface area contributed by atoms with Gasteiger partial charge in [-0.3, -0.25) is 9.59 Å². The van der Waals surface area contributed by atoms with E-state index in [0.717, 1.165) is 64.2 Å². The maximum Gasteiger partial charge on any atom is 0.315 e. The number of ether oxygens (including phenoxy) is 4. The van der Waals surface area contributed by atoms with E-state index in [1.54, 1.807) is 0 Å². The summed E-state index contributed by atoms with van der Waals surface area (Å²) in [4.78, 5) is 25.6. The number of esters is 2. The van der Waals surface area contributed by atoms with Gasteiger partial charge in [-0.15, -0.1) is 0 Å². The Morgan fingerprint density at radius 3 is 1.60 bits per heavy atom. The largest absolute Gasteiger partial charge is 0.433 e. The lowest BCUT2D eigenvalue weighted by Gasteiger charge is -2.43. The summed E-state index contributed by atoms with van der Waals surface area (Å²) in [5, 5.41) is 0. The van der Waals surface area contributed by atoms with Gasteiger partial charge in [0.2, 0.25) is 11.6 Å². The van der Waals surface area contributed by atoms with E-state index in [1.807, 2.05) is 0 Å². The highest BCUT2D eigenvalue weighted by molar-refractivity contribution is 5.81. The SMILES string of the molecule is O=C1OC2(OCCOC34CCC5CCCCC5(C3)C(=O)O4)CCC3CCCCC13C2. The molecule has 0 N–H and O–H groups in total. The first-order valence-corrected chi connectivity index (χ1v) is 12.2. The van der Waals surface area contributed by atoms with Gasteiger partial charge in [0.15, 0.2) is 0 Å². The Kier molecular flexibility index (Phi) is 4.35. The van der Waals surface area contributed by atoms with Gasteiger partial charge in [-0.25, -0.2) is 0 Å². The molecule has 2 saturated heterocycles. The predicted octanol–water partition coefficient (Wildman–Crippen LogP) is 4.25. The van der Waals surface area contributed by atoms with Gasteiger partial charge in [0.1, 0.15) is 0 Å². The molecule has 6 atom stereocenters. The zero-order chi connectivity index (χ0) is 20.5. The highest BCUT2D eigenvalue weighted by Crippen LogP contribution is 2.61. The van der Waals surface area contributed by atoms with Crippen molar-refractivity contribution in [2.75, 3.05) is 13.2 Å². The standard InChI is InChI=1S/C24H34O6/c25-19-21-9-3-1-5-17(21)7-11-23(15-21,29-19)27-13-14-28-24-12-8-18-6-2-4-10-22(18,16-24)20(26)30-24/h17-18H,1-16H2. The Morgan fingerprint density at radius 1 is 0.667 bits per heavy atom. The van der Waals surface area contributed by atoms with Crippen molar-refractivity contribution in [1.29, 1.82) is 0 Å². The fourth-order valence-corrected chi connectivity index (χ4v) is 8.01. The molecule has 30 heavy (non-hydrogen) atoms. The number of carbonyl (C=O) groups excluding carboxylic acids is 2. The van der Waals surface area contributed by atoms with E-state index in [-0.39, 0.29) is 22.8 Å². The van der Waals surface area contributed by atoms with Gasteiger partial charge in [0.25, 0.3) is 0 Å². The van der Waals surface area contributed by atoms with Crippen molar-refractivity contribution in [3.8, 4) is 0 Å². The minimum absolute atomic E-state index is 0.0357. The first-order chi connectivity index (χ1) is 14.5. The summed E-state index contributed by atoms with van der Waals surface area (Å²) in [6.07, 6.45) is 13.9. The van der Waals surface area contributed by atoms with Crippen LogP contribution in [0.25, 0.3) is 0 Å². The van der Waals surface area contributed by atoms with Crippen molar-refractivity contribution in [3.63, 3.8) is 0 Å². The van der Waals surface area contributed by atoms with Crippen LogP contribution in [0.3, 0.4) is 0 Å². The van der Waals surface area contributed by atoms with Crippen molar-refractivity contribution < 1.29 is 28.5 Å². The van der Waals surface area contributed by atoms with Crippen LogP contribution in [0.15, 0.2) is 0 Å². The van der Waals surface area contributed by atoms with Crippen LogP contribution in [-0.4, -0.2) is 36.7 Å². The third-order valence-corrected chi connectivity index (χ3v) is 9.51. The van der Waals surface area contributed by atoms with Crippen LogP contribution in [-0.2, 0) is 28.5 Å². The van der Waals surface area contributed by atoms with Crippen molar-refractivity contribution in [2.24, 2.45) is 22.7 Å². The van der Waals surface area contributed by atoms with Gasteiger partial charge >= 0.3 is 11.9 Å². The number of hydrogen-bond acceptors (Lipinski definition) is 6. The average Bonchev–Trinajstić information content (AvgIpc) is 3.09. The van der Waals surface area contributed by atoms with Crippen molar-refractivity contribution in [2.45, 2.75) is 101 Å². The van der Waals surface area contributed by atoms with Crippen LogP contribution in [0.5, 0.6) is 0 Å². The summed E-state index contributed by atoms with van der Waals surface area (Å²) in [6.45, 7) is 0.730. The fourth-order valence-electron chi connectivity index (χ4n) is 8.01. The van der Waals surface area contributed by atoms with E-state index in [4.69, 9.17) is 18.9 Å². The van der Waals surface area contributed by atoms with Gasteiger partial charge in [-0.05, 0) is 50.4 Å². The normalized spacial score (nSPS) is 49.2. The second kappa shape index (κ2) is 6.68. The Hall–Kier alpha value is -1.14. The van der Waals surface area contributed by atoms with Crippen molar-refractivity contribution in [3.05, 3.63) is 0 Å². The van der Waals surface area contributed by atoms with Gasteiger partial charge in [-0.1, -0.05) is 25.7 Å². The third kappa shape index (κ3) is 2.68. The molecule has 0 aromatic heterocycles. The molecule has 6 nitrogen and oxygen atoms in total. The second-order valence-corrected chi connectivity index (χ2v) is 10.9. The number of rotatable bonds is 5. The molecule has 6 heteroatoms. The Bertz CT molecular complexity index is 690. The van der Waals surface area contributed by atoms with Crippen LogP contribution in [0.4, 0.5) is 0 Å². The van der Waals surface area contributed by atoms with Crippen LogP contribution in [0, 0.1) is 22.7 Å². The predicted molar refractivity (Wildman–Crippen MR) is 106 cm³/mol. The van der Waals surface area contributed by atoms with Crippen LogP contribution < -0.4 is 0 Å². The lowest BCUT2D eigenvalue weighted by atomic mass is 9.59. The molecule has 2 heterocycles. The minimum atomic E-state index is -0.763. The average molecular weight is 419 g/mol. The Morgan fingerprint density at radius 2 is 1.13 bits per heavy atom. The second-order valence-electron chi connectivity index (χ2n) is 10.9. The van der Waals surface area contributed by atoms with Crippen molar-refractivity contribution >= 4 is 11.9 Å². The first kappa shape index (κ1) is 19.5. The monoisotopic (exact) mass is 418 g/mol. The molecule has 0 aromatic carbocycles. The quantitative estimate of drug-likeness (QED) is 0.491. The number of fused-ring (bicyclic) bond motifs is 2. The van der Waals surface area contributed by atoms with Crippen LogP contribution >= 0.6 is 0 Å². The Labute approximate surface area is 178 Å². The molecule has 0 radical (unpaired) electrons. The summed E-state index contributed by atoms with van der Waals surface area (Å²) in [6, 6.07) is 0. The van der Waals surface area contributed by atoms with Crippen LogP contribution in [0.2, 0.25) is 0 Å². The summed E-state index contributed by atoms with van der Waals surface area (Å²) in [5.41, 5.74) is -0.606. The molecular formula is C24H34O6. The van der Waals surface area contributed by atoms with E-state index < -0.39 is 11.6 Å². The molecule has 4 bridgehead atoms. The summed E-state index contributed by atoms with van der Waals surface area (Å²) in [5.74, 6) is -0.667. The Balaban J connectivity index is 1.07. The molecule has 4 aliphatic carbocycles. The van der Waals surface area contributed by atoms with Gasteiger partial charge < -0.3 is 18.9 Å². The molecule has 4 saturated carbocycles. The molecule has 6 rings (SSSR count). The summed E-state index contributed by atoms with van der Waals surface area (Å²) >= 11 is 0. The molecule has 6 fully saturated rings. The maximum absolute atomic E-state index is 12.8. The first-order valence-electron chi connectivity index (χ1n) is 12.2. The lowest BCUT2D eigenvalue weighted by molar-refractivity contribution is -0.251. The third-order valence-electron chi connectivity index (χ3n) is 9.51. The molecule has 0 amide bonds. The zero-order valence-electron chi connectivity index (χ0n) is 17.9. The van der Waals surface area contributed by atoms with E-state index in [2.05, 4.69) is 0 Å². The van der Waals surface area contributed by atoms with Gasteiger partial charge in [-0.2, -0.15) is 0 Å². The zero-order valence-corrected chi connectivity index (χ0v) is 17.9. The smallest absolute Gasteiger partial charge is 0.315 e. The summed E-state index contributed by atoms with van der Waals surface area (Å²) in [7, 11) is 0.